The third-order valence-electron chi connectivity index (χ3n) is 7.38. The Morgan fingerprint density at radius 2 is 1.66 bits per heavy atom. The molecular formula is C22H35N3O3S. The van der Waals surface area contributed by atoms with Crippen molar-refractivity contribution < 1.29 is 13.2 Å². The minimum absolute atomic E-state index is 0.0295. The molecule has 2 aliphatic heterocycles. The number of amides is 1. The Kier molecular flexibility index (Phi) is 6.07. The lowest BCUT2D eigenvalue weighted by atomic mass is 9.73. The summed E-state index contributed by atoms with van der Waals surface area (Å²) in [6, 6.07) is 1.65. The predicted octanol–water partition coefficient (Wildman–Crippen LogP) is 3.39. The number of hydrogen-bond donors (Lipinski definition) is 0. The van der Waals surface area contributed by atoms with Gasteiger partial charge in [-0.1, -0.05) is 25.7 Å². The molecule has 0 unspecified atom stereocenters. The van der Waals surface area contributed by atoms with Gasteiger partial charge in [-0.2, -0.15) is 4.31 Å². The van der Waals surface area contributed by atoms with Crippen LogP contribution in [0.3, 0.4) is 0 Å². The van der Waals surface area contributed by atoms with Crippen molar-refractivity contribution in [3.05, 3.63) is 18.5 Å². The average molecular weight is 422 g/mol. The van der Waals surface area contributed by atoms with E-state index in [0.717, 1.165) is 19.5 Å². The number of carbonyl (C=O) groups is 1. The summed E-state index contributed by atoms with van der Waals surface area (Å²) < 4.78 is 29.0. The summed E-state index contributed by atoms with van der Waals surface area (Å²) in [4.78, 5) is 15.7. The van der Waals surface area contributed by atoms with Crippen LogP contribution in [0.2, 0.25) is 0 Å². The van der Waals surface area contributed by atoms with Gasteiger partial charge in [-0.3, -0.25) is 4.79 Å². The van der Waals surface area contributed by atoms with Gasteiger partial charge in [0.25, 0.3) is 0 Å². The van der Waals surface area contributed by atoms with Gasteiger partial charge in [0.1, 0.15) is 0 Å². The number of aromatic nitrogens is 1. The number of nitrogens with zero attached hydrogens (tertiary/aromatic N) is 3. The van der Waals surface area contributed by atoms with Crippen LogP contribution in [-0.2, 0) is 21.9 Å². The first kappa shape index (κ1) is 20.9. The molecule has 0 atom stereocenters. The Balaban J connectivity index is 1.36. The van der Waals surface area contributed by atoms with E-state index in [1.165, 1.54) is 44.9 Å². The molecule has 0 bridgehead atoms. The zero-order valence-corrected chi connectivity index (χ0v) is 18.5. The van der Waals surface area contributed by atoms with Crippen LogP contribution in [0.1, 0.15) is 64.2 Å². The summed E-state index contributed by atoms with van der Waals surface area (Å²) in [6.07, 6.45) is 14.9. The van der Waals surface area contributed by atoms with E-state index in [0.29, 0.717) is 36.2 Å². The molecule has 0 aromatic carbocycles. The molecule has 3 heterocycles. The van der Waals surface area contributed by atoms with Crippen molar-refractivity contribution in [2.45, 2.75) is 69.1 Å². The van der Waals surface area contributed by atoms with Crippen molar-refractivity contribution in [2.75, 3.05) is 26.2 Å². The van der Waals surface area contributed by atoms with Gasteiger partial charge in [-0.25, -0.2) is 8.42 Å². The van der Waals surface area contributed by atoms with Crippen molar-refractivity contribution in [1.82, 2.24) is 13.8 Å². The lowest BCUT2D eigenvalue weighted by Crippen LogP contribution is -2.50. The molecule has 0 N–H and O–H groups in total. The standard InChI is InChI=1S/C22H35N3O3S/c1-23-14-9-20(17-23)29(27,28)25-15-7-19(8-16-25)21(26)24-13-6-12-22(18-24)10-4-2-3-5-11-22/h9,14,17,19H,2-8,10-13,15-16,18H2,1H3. The molecule has 1 saturated carbocycles. The fraction of sp³-hybridized carbons (Fsp3) is 0.773. The maximum absolute atomic E-state index is 13.2. The fourth-order valence-corrected chi connectivity index (χ4v) is 7.19. The summed E-state index contributed by atoms with van der Waals surface area (Å²) in [5.41, 5.74) is 0.349. The molecule has 1 aromatic rings. The van der Waals surface area contributed by atoms with Gasteiger partial charge in [0.2, 0.25) is 15.9 Å². The second kappa shape index (κ2) is 8.42. The van der Waals surface area contributed by atoms with Gasteiger partial charge < -0.3 is 9.47 Å². The molecule has 29 heavy (non-hydrogen) atoms. The maximum atomic E-state index is 13.2. The maximum Gasteiger partial charge on any atom is 0.244 e. The number of likely N-dealkylation sites (tertiary alicyclic amines) is 1. The number of hydrogen-bond acceptors (Lipinski definition) is 3. The first-order valence-corrected chi connectivity index (χ1v) is 12.7. The summed E-state index contributed by atoms with van der Waals surface area (Å²) in [6.45, 7) is 2.68. The van der Waals surface area contributed by atoms with Crippen molar-refractivity contribution in [1.29, 1.82) is 0 Å². The summed E-state index contributed by atoms with van der Waals surface area (Å²) in [5.74, 6) is 0.239. The van der Waals surface area contributed by atoms with E-state index in [-0.39, 0.29) is 11.8 Å². The molecule has 162 valence electrons. The Bertz CT molecular complexity index is 816. The Labute approximate surface area is 175 Å². The predicted molar refractivity (Wildman–Crippen MR) is 113 cm³/mol. The summed E-state index contributed by atoms with van der Waals surface area (Å²) >= 11 is 0. The molecule has 1 spiro atoms. The largest absolute Gasteiger partial charge is 0.356 e. The average Bonchev–Trinajstić information content (AvgIpc) is 3.06. The Morgan fingerprint density at radius 1 is 1.00 bits per heavy atom. The molecule has 2 saturated heterocycles. The highest BCUT2D eigenvalue weighted by atomic mass is 32.2. The van der Waals surface area contributed by atoms with Gasteiger partial charge in [0.15, 0.2) is 0 Å². The fourth-order valence-electron chi connectivity index (χ4n) is 5.66. The third kappa shape index (κ3) is 4.41. The Hall–Kier alpha value is -1.34. The summed E-state index contributed by atoms with van der Waals surface area (Å²) in [7, 11) is -1.63. The van der Waals surface area contributed by atoms with Gasteiger partial charge in [0, 0.05) is 51.5 Å². The van der Waals surface area contributed by atoms with Gasteiger partial charge in [-0.15, -0.1) is 0 Å². The molecule has 0 radical (unpaired) electrons. The second-order valence-corrected chi connectivity index (χ2v) is 11.4. The molecular weight excluding hydrogens is 386 g/mol. The zero-order chi connectivity index (χ0) is 20.5. The minimum Gasteiger partial charge on any atom is -0.356 e. The number of carbonyl (C=O) groups excluding carboxylic acids is 1. The molecule has 3 aliphatic rings. The first-order chi connectivity index (χ1) is 13.9. The second-order valence-electron chi connectivity index (χ2n) is 9.47. The quantitative estimate of drug-likeness (QED) is 0.752. The third-order valence-corrected chi connectivity index (χ3v) is 9.27. The molecule has 3 fully saturated rings. The van der Waals surface area contributed by atoms with E-state index in [4.69, 9.17) is 0 Å². The van der Waals surface area contributed by atoms with Crippen LogP contribution in [0.4, 0.5) is 0 Å². The van der Waals surface area contributed by atoms with Crippen LogP contribution in [-0.4, -0.2) is 54.3 Å². The minimum atomic E-state index is -3.45. The number of sulfonamides is 1. The monoisotopic (exact) mass is 421 g/mol. The van der Waals surface area contributed by atoms with Gasteiger partial charge in [-0.05, 0) is 50.0 Å². The molecule has 7 heteroatoms. The van der Waals surface area contributed by atoms with Crippen molar-refractivity contribution in [3.63, 3.8) is 0 Å². The lowest BCUT2D eigenvalue weighted by molar-refractivity contribution is -0.140. The van der Waals surface area contributed by atoms with E-state index < -0.39 is 10.0 Å². The smallest absolute Gasteiger partial charge is 0.244 e. The van der Waals surface area contributed by atoms with Crippen LogP contribution >= 0.6 is 0 Å². The molecule has 4 rings (SSSR count). The van der Waals surface area contributed by atoms with Crippen LogP contribution in [0.15, 0.2) is 23.4 Å². The molecule has 6 nitrogen and oxygen atoms in total. The summed E-state index contributed by atoms with van der Waals surface area (Å²) in [5, 5.41) is 0. The van der Waals surface area contributed by atoms with Crippen molar-refractivity contribution in [2.24, 2.45) is 18.4 Å². The van der Waals surface area contributed by atoms with E-state index in [9.17, 15) is 13.2 Å². The van der Waals surface area contributed by atoms with E-state index in [1.807, 2.05) is 7.05 Å². The molecule has 1 amide bonds. The van der Waals surface area contributed by atoms with Crippen LogP contribution < -0.4 is 0 Å². The van der Waals surface area contributed by atoms with Gasteiger partial charge >= 0.3 is 0 Å². The first-order valence-electron chi connectivity index (χ1n) is 11.3. The highest BCUT2D eigenvalue weighted by Gasteiger charge is 2.40. The Morgan fingerprint density at radius 3 is 2.28 bits per heavy atom. The van der Waals surface area contributed by atoms with Crippen LogP contribution in [0.25, 0.3) is 0 Å². The van der Waals surface area contributed by atoms with E-state index in [2.05, 4.69) is 4.90 Å². The van der Waals surface area contributed by atoms with E-state index in [1.54, 1.807) is 27.3 Å². The zero-order valence-electron chi connectivity index (χ0n) is 17.7. The van der Waals surface area contributed by atoms with Crippen LogP contribution in [0.5, 0.6) is 0 Å². The van der Waals surface area contributed by atoms with Crippen LogP contribution in [0, 0.1) is 11.3 Å². The molecule has 1 aliphatic carbocycles. The number of piperidine rings is 2. The normalized spacial score (nSPS) is 24.5. The SMILES string of the molecule is Cn1ccc(S(=O)(=O)N2CCC(C(=O)N3CCCC4(CCCCCC4)C3)CC2)c1. The van der Waals surface area contributed by atoms with E-state index >= 15 is 0 Å². The van der Waals surface area contributed by atoms with Gasteiger partial charge in [0.05, 0.1) is 4.90 Å². The topological polar surface area (TPSA) is 62.6 Å². The number of rotatable bonds is 3. The highest BCUT2D eigenvalue weighted by Crippen LogP contribution is 2.42. The van der Waals surface area contributed by atoms with Crippen molar-refractivity contribution >= 4 is 15.9 Å². The highest BCUT2D eigenvalue weighted by molar-refractivity contribution is 7.89. The molecule has 1 aromatic heterocycles. The lowest BCUT2D eigenvalue weighted by Gasteiger charge is -2.44. The number of aryl methyl sites for hydroxylation is 1. The van der Waals surface area contributed by atoms with Crippen molar-refractivity contribution in [3.8, 4) is 0 Å².